The molecule has 0 N–H and O–H groups in total. The predicted molar refractivity (Wildman–Crippen MR) is 85.6 cm³/mol. The van der Waals surface area contributed by atoms with E-state index in [1.807, 2.05) is 0 Å². The summed E-state index contributed by atoms with van der Waals surface area (Å²) in [6, 6.07) is 4.92. The zero-order valence-corrected chi connectivity index (χ0v) is 14.1. The van der Waals surface area contributed by atoms with E-state index >= 15 is 0 Å². The van der Waals surface area contributed by atoms with Crippen LogP contribution in [0.1, 0.15) is 26.3 Å². The van der Waals surface area contributed by atoms with Crippen LogP contribution in [0.5, 0.6) is 0 Å². The second-order valence-corrected chi connectivity index (χ2v) is 5.34. The highest BCUT2D eigenvalue weighted by molar-refractivity contribution is 6.42. The van der Waals surface area contributed by atoms with Crippen molar-refractivity contribution < 1.29 is 19.1 Å². The first-order valence-corrected chi connectivity index (χ1v) is 7.43. The lowest BCUT2D eigenvalue weighted by molar-refractivity contribution is -0.145. The molecule has 5 nitrogen and oxygen atoms in total. The molecule has 0 aromatic heterocycles. The van der Waals surface area contributed by atoms with Crippen molar-refractivity contribution in [3.63, 3.8) is 0 Å². The molecule has 1 atom stereocenters. The Morgan fingerprint density at radius 2 is 1.91 bits per heavy atom. The Kier molecular flexibility index (Phi) is 7.35. The fourth-order valence-electron chi connectivity index (χ4n) is 1.49. The van der Waals surface area contributed by atoms with Gasteiger partial charge in [-0.3, -0.25) is 4.79 Å². The van der Waals surface area contributed by atoms with Gasteiger partial charge in [0.2, 0.25) is 0 Å². The van der Waals surface area contributed by atoms with Gasteiger partial charge in [-0.15, -0.1) is 0 Å². The lowest BCUT2D eigenvalue weighted by atomic mass is 10.1. The number of hydrogen-bond donors (Lipinski definition) is 0. The number of aliphatic imine (C=N–C) groups is 1. The van der Waals surface area contributed by atoms with Crippen LogP contribution in [-0.4, -0.2) is 24.4 Å². The molecule has 0 aliphatic rings. The normalized spacial score (nSPS) is 12.7. The third-order valence-corrected chi connectivity index (χ3v) is 3.62. The highest BCUT2D eigenvalue weighted by atomic mass is 35.5. The fraction of sp³-hybridized carbons (Fsp3) is 0.400. The summed E-state index contributed by atoms with van der Waals surface area (Å²) in [5.41, 5.74) is 1.02. The molecule has 1 aromatic rings. The maximum atomic E-state index is 11.6. The molecule has 0 heterocycles. The number of amides is 1. The average molecular weight is 346 g/mol. The van der Waals surface area contributed by atoms with Crippen molar-refractivity contribution in [2.45, 2.75) is 27.4 Å². The molecule has 0 saturated carbocycles. The van der Waals surface area contributed by atoms with Crippen molar-refractivity contribution >= 4 is 41.0 Å². The summed E-state index contributed by atoms with van der Waals surface area (Å²) in [4.78, 5) is 26.9. The molecular formula is C15H17Cl2NO4. The van der Waals surface area contributed by atoms with Crippen molar-refractivity contribution in [2.24, 2.45) is 10.9 Å². The van der Waals surface area contributed by atoms with E-state index in [-0.39, 0.29) is 13.2 Å². The van der Waals surface area contributed by atoms with Gasteiger partial charge in [0.05, 0.1) is 22.6 Å². The Labute approximate surface area is 139 Å². The third kappa shape index (κ3) is 5.66. The lowest BCUT2D eigenvalue weighted by Crippen LogP contribution is -2.22. The summed E-state index contributed by atoms with van der Waals surface area (Å²) in [6.45, 7) is 5.19. The molecule has 0 saturated heterocycles. The minimum absolute atomic E-state index is 0.0142. The van der Waals surface area contributed by atoms with Crippen LogP contribution >= 0.6 is 23.2 Å². The Bertz CT molecular complexity index is 587. The number of halogens is 2. The van der Waals surface area contributed by atoms with Crippen molar-refractivity contribution in [3.05, 3.63) is 33.8 Å². The molecule has 7 heteroatoms. The SMILES string of the molecule is CCOC(=O)C(C)C(C)=NC(=O)OCc1ccc(Cl)c(Cl)c1. The monoisotopic (exact) mass is 345 g/mol. The van der Waals surface area contributed by atoms with E-state index in [0.29, 0.717) is 21.3 Å². The van der Waals surface area contributed by atoms with Crippen molar-refractivity contribution in [3.8, 4) is 0 Å². The molecule has 0 aliphatic heterocycles. The second-order valence-electron chi connectivity index (χ2n) is 4.53. The van der Waals surface area contributed by atoms with Gasteiger partial charge >= 0.3 is 12.1 Å². The van der Waals surface area contributed by atoms with Crippen molar-refractivity contribution in [2.75, 3.05) is 6.61 Å². The summed E-state index contributed by atoms with van der Waals surface area (Å²) >= 11 is 11.7. The van der Waals surface area contributed by atoms with Gasteiger partial charge < -0.3 is 9.47 Å². The van der Waals surface area contributed by atoms with E-state index in [1.54, 1.807) is 39.0 Å². The number of nitrogens with zero attached hydrogens (tertiary/aromatic N) is 1. The lowest BCUT2D eigenvalue weighted by Gasteiger charge is -2.09. The Balaban J connectivity index is 2.59. The van der Waals surface area contributed by atoms with Crippen molar-refractivity contribution in [1.82, 2.24) is 0 Å². The molecule has 120 valence electrons. The number of hydrogen-bond acceptors (Lipinski definition) is 4. The van der Waals surface area contributed by atoms with Gasteiger partial charge in [0.25, 0.3) is 0 Å². The van der Waals surface area contributed by atoms with E-state index in [4.69, 9.17) is 32.7 Å². The quantitative estimate of drug-likeness (QED) is 0.589. The molecule has 1 aromatic carbocycles. The zero-order valence-electron chi connectivity index (χ0n) is 12.6. The molecule has 22 heavy (non-hydrogen) atoms. The van der Waals surface area contributed by atoms with E-state index < -0.39 is 18.0 Å². The predicted octanol–water partition coefficient (Wildman–Crippen LogP) is 4.29. The van der Waals surface area contributed by atoms with Crippen LogP contribution in [0.25, 0.3) is 0 Å². The molecule has 0 radical (unpaired) electrons. The number of benzene rings is 1. The first-order valence-electron chi connectivity index (χ1n) is 6.67. The van der Waals surface area contributed by atoms with Crippen LogP contribution in [0.2, 0.25) is 10.0 Å². The highest BCUT2D eigenvalue weighted by Gasteiger charge is 2.18. The van der Waals surface area contributed by atoms with Crippen LogP contribution < -0.4 is 0 Å². The molecule has 1 amide bonds. The van der Waals surface area contributed by atoms with Crippen molar-refractivity contribution in [1.29, 1.82) is 0 Å². The van der Waals surface area contributed by atoms with Gasteiger partial charge in [-0.05, 0) is 38.5 Å². The maximum absolute atomic E-state index is 11.6. The van der Waals surface area contributed by atoms with E-state index in [1.165, 1.54) is 0 Å². The summed E-state index contributed by atoms with van der Waals surface area (Å²) in [7, 11) is 0. The number of ether oxygens (including phenoxy) is 2. The molecule has 0 aliphatic carbocycles. The molecule has 0 fully saturated rings. The Morgan fingerprint density at radius 1 is 1.23 bits per heavy atom. The Hall–Kier alpha value is -1.59. The number of rotatable bonds is 5. The van der Waals surface area contributed by atoms with E-state index in [9.17, 15) is 9.59 Å². The van der Waals surface area contributed by atoms with Gasteiger partial charge in [-0.1, -0.05) is 29.3 Å². The highest BCUT2D eigenvalue weighted by Crippen LogP contribution is 2.22. The topological polar surface area (TPSA) is 65.0 Å². The van der Waals surface area contributed by atoms with Gasteiger partial charge in [0.15, 0.2) is 0 Å². The molecular weight excluding hydrogens is 329 g/mol. The second kappa shape index (κ2) is 8.76. The summed E-state index contributed by atoms with van der Waals surface area (Å²) < 4.78 is 9.86. The average Bonchev–Trinajstić information content (AvgIpc) is 2.47. The number of carbonyl (C=O) groups is 2. The van der Waals surface area contributed by atoms with Crippen LogP contribution in [-0.2, 0) is 20.9 Å². The van der Waals surface area contributed by atoms with Crippen LogP contribution in [0.15, 0.2) is 23.2 Å². The van der Waals surface area contributed by atoms with Gasteiger partial charge in [-0.25, -0.2) is 4.79 Å². The van der Waals surface area contributed by atoms with Crippen LogP contribution in [0.3, 0.4) is 0 Å². The molecule has 0 bridgehead atoms. The number of esters is 1. The van der Waals surface area contributed by atoms with Crippen LogP contribution in [0, 0.1) is 5.92 Å². The summed E-state index contributed by atoms with van der Waals surface area (Å²) in [6.07, 6.45) is -0.778. The van der Waals surface area contributed by atoms with E-state index in [0.717, 1.165) is 0 Å². The van der Waals surface area contributed by atoms with Gasteiger partial charge in [-0.2, -0.15) is 4.99 Å². The van der Waals surface area contributed by atoms with E-state index in [2.05, 4.69) is 4.99 Å². The number of carbonyl (C=O) groups excluding carboxylic acids is 2. The molecule has 1 rings (SSSR count). The smallest absolute Gasteiger partial charge is 0.433 e. The third-order valence-electron chi connectivity index (χ3n) is 2.88. The minimum Gasteiger partial charge on any atom is -0.465 e. The minimum atomic E-state index is -0.778. The Morgan fingerprint density at radius 3 is 2.50 bits per heavy atom. The zero-order chi connectivity index (χ0) is 16.7. The van der Waals surface area contributed by atoms with Gasteiger partial charge in [0, 0.05) is 5.71 Å². The van der Waals surface area contributed by atoms with Gasteiger partial charge in [0.1, 0.15) is 6.61 Å². The largest absolute Gasteiger partial charge is 0.465 e. The standard InChI is InChI=1S/C15H17Cl2NO4/c1-4-21-14(19)9(2)10(3)18-15(20)22-8-11-5-6-12(16)13(17)7-11/h5-7,9H,4,8H2,1-3H3. The first-order chi connectivity index (χ1) is 10.3. The first kappa shape index (κ1) is 18.5. The summed E-state index contributed by atoms with van der Waals surface area (Å²) in [5, 5.41) is 0.805. The van der Waals surface area contributed by atoms with Crippen LogP contribution in [0.4, 0.5) is 4.79 Å². The maximum Gasteiger partial charge on any atom is 0.433 e. The summed E-state index contributed by atoms with van der Waals surface area (Å²) in [5.74, 6) is -1.03. The molecule has 1 unspecified atom stereocenters. The fourth-order valence-corrected chi connectivity index (χ4v) is 1.81. The molecule has 0 spiro atoms.